The molecule has 0 fully saturated rings. The molecule has 0 spiro atoms. The Morgan fingerprint density at radius 3 is 2.20 bits per heavy atom. The van der Waals surface area contributed by atoms with Crippen molar-refractivity contribution in [2.45, 2.75) is 12.5 Å². The highest BCUT2D eigenvalue weighted by atomic mass is 19.1. The lowest BCUT2D eigenvalue weighted by Gasteiger charge is -2.24. The number of amides is 1. The molecule has 3 nitrogen and oxygen atoms in total. The van der Waals surface area contributed by atoms with Gasteiger partial charge in [-0.15, -0.1) is 0 Å². The van der Waals surface area contributed by atoms with Gasteiger partial charge in [-0.3, -0.25) is 4.79 Å². The second-order valence-corrected chi connectivity index (χ2v) is 4.68. The molecule has 20 heavy (non-hydrogen) atoms. The summed E-state index contributed by atoms with van der Waals surface area (Å²) in [6.45, 7) is 1.54. The van der Waals surface area contributed by atoms with Crippen molar-refractivity contribution < 1.29 is 13.6 Å². The lowest BCUT2D eigenvalue weighted by molar-refractivity contribution is -0.120. The standard InChI is InChI=1S/C15H14F2N2O/c1-15(18,10-5-3-2-4-6-10)14(20)19-13-8-11(16)7-12(17)9-13/h2-9H,18H2,1H3,(H,19,20). The molecule has 1 amide bonds. The number of nitrogens with one attached hydrogen (secondary N) is 1. The van der Waals surface area contributed by atoms with Crippen molar-refractivity contribution in [1.29, 1.82) is 0 Å². The molecule has 0 aromatic heterocycles. The first-order valence-electron chi connectivity index (χ1n) is 6.01. The van der Waals surface area contributed by atoms with Gasteiger partial charge in [-0.2, -0.15) is 0 Å². The molecule has 1 unspecified atom stereocenters. The van der Waals surface area contributed by atoms with Crippen LogP contribution in [0.4, 0.5) is 14.5 Å². The number of carbonyl (C=O) groups is 1. The average Bonchev–Trinajstić information content (AvgIpc) is 2.38. The molecule has 0 radical (unpaired) electrons. The number of hydrogen-bond donors (Lipinski definition) is 2. The molecule has 0 bridgehead atoms. The molecule has 1 atom stereocenters. The summed E-state index contributed by atoms with van der Waals surface area (Å²) in [4.78, 5) is 12.2. The number of rotatable bonds is 3. The zero-order valence-electron chi connectivity index (χ0n) is 10.9. The number of benzene rings is 2. The average molecular weight is 276 g/mol. The highest BCUT2D eigenvalue weighted by molar-refractivity contribution is 5.98. The van der Waals surface area contributed by atoms with Crippen LogP contribution in [0.5, 0.6) is 0 Å². The third-order valence-corrected chi connectivity index (χ3v) is 2.97. The summed E-state index contributed by atoms with van der Waals surface area (Å²) in [5, 5.41) is 2.42. The summed E-state index contributed by atoms with van der Waals surface area (Å²) in [5.41, 5.74) is 5.34. The molecule has 0 aliphatic carbocycles. The Labute approximate surface area is 115 Å². The Bertz CT molecular complexity index is 607. The molecule has 0 aliphatic rings. The van der Waals surface area contributed by atoms with E-state index < -0.39 is 23.1 Å². The molecule has 0 aliphatic heterocycles. The first-order valence-corrected chi connectivity index (χ1v) is 6.01. The smallest absolute Gasteiger partial charge is 0.248 e. The number of halogens is 2. The van der Waals surface area contributed by atoms with Gasteiger partial charge in [0, 0.05) is 11.8 Å². The fourth-order valence-corrected chi connectivity index (χ4v) is 1.80. The van der Waals surface area contributed by atoms with Gasteiger partial charge in [0.1, 0.15) is 17.2 Å². The largest absolute Gasteiger partial charge is 0.324 e. The van der Waals surface area contributed by atoms with Crippen molar-refractivity contribution in [3.05, 3.63) is 65.7 Å². The zero-order chi connectivity index (χ0) is 14.8. The maximum Gasteiger partial charge on any atom is 0.248 e. The molecule has 2 aromatic rings. The van der Waals surface area contributed by atoms with Crippen LogP contribution in [0.1, 0.15) is 12.5 Å². The highest BCUT2D eigenvalue weighted by Gasteiger charge is 2.30. The van der Waals surface area contributed by atoms with Gasteiger partial charge in [0.25, 0.3) is 0 Å². The van der Waals surface area contributed by atoms with Crippen LogP contribution in [-0.4, -0.2) is 5.91 Å². The first kappa shape index (κ1) is 14.1. The number of nitrogens with two attached hydrogens (primary N) is 1. The van der Waals surface area contributed by atoms with E-state index in [0.29, 0.717) is 5.56 Å². The molecule has 2 rings (SSSR count). The summed E-state index contributed by atoms with van der Waals surface area (Å²) >= 11 is 0. The highest BCUT2D eigenvalue weighted by Crippen LogP contribution is 2.21. The van der Waals surface area contributed by atoms with E-state index in [1.54, 1.807) is 30.3 Å². The molecule has 0 saturated carbocycles. The van der Waals surface area contributed by atoms with Gasteiger partial charge in [0.2, 0.25) is 5.91 Å². The predicted octanol–water partition coefficient (Wildman–Crippen LogP) is 2.78. The van der Waals surface area contributed by atoms with Crippen LogP contribution >= 0.6 is 0 Å². The molecule has 104 valence electrons. The van der Waals surface area contributed by atoms with Gasteiger partial charge in [0.15, 0.2) is 0 Å². The maximum absolute atomic E-state index is 13.1. The van der Waals surface area contributed by atoms with Crippen molar-refractivity contribution in [2.24, 2.45) is 5.73 Å². The quantitative estimate of drug-likeness (QED) is 0.905. The Balaban J connectivity index is 2.23. The maximum atomic E-state index is 13.1. The minimum absolute atomic E-state index is 0.0279. The van der Waals surface area contributed by atoms with Crippen LogP contribution in [0.25, 0.3) is 0 Å². The van der Waals surface area contributed by atoms with Crippen LogP contribution in [-0.2, 0) is 10.3 Å². The number of carbonyl (C=O) groups excluding carboxylic acids is 1. The zero-order valence-corrected chi connectivity index (χ0v) is 10.9. The van der Waals surface area contributed by atoms with Gasteiger partial charge in [-0.1, -0.05) is 30.3 Å². The van der Waals surface area contributed by atoms with Crippen molar-refractivity contribution >= 4 is 11.6 Å². The normalized spacial score (nSPS) is 13.6. The summed E-state index contributed by atoms with van der Waals surface area (Å²) in [6, 6.07) is 11.5. The molecule has 0 heterocycles. The van der Waals surface area contributed by atoms with Crippen molar-refractivity contribution in [3.8, 4) is 0 Å². The van der Waals surface area contributed by atoms with E-state index in [2.05, 4.69) is 5.32 Å². The van der Waals surface area contributed by atoms with Gasteiger partial charge in [-0.05, 0) is 24.6 Å². The van der Waals surface area contributed by atoms with E-state index in [1.165, 1.54) is 6.92 Å². The SMILES string of the molecule is CC(N)(C(=O)Nc1cc(F)cc(F)c1)c1ccccc1. The lowest BCUT2D eigenvalue weighted by Crippen LogP contribution is -2.45. The number of hydrogen-bond acceptors (Lipinski definition) is 2. The van der Waals surface area contributed by atoms with Crippen molar-refractivity contribution in [3.63, 3.8) is 0 Å². The molecular formula is C15H14F2N2O. The topological polar surface area (TPSA) is 55.1 Å². The monoisotopic (exact) mass is 276 g/mol. The molecular weight excluding hydrogens is 262 g/mol. The van der Waals surface area contributed by atoms with Crippen LogP contribution in [0.2, 0.25) is 0 Å². The fourth-order valence-electron chi connectivity index (χ4n) is 1.80. The van der Waals surface area contributed by atoms with Crippen LogP contribution in [0, 0.1) is 11.6 Å². The van der Waals surface area contributed by atoms with Crippen molar-refractivity contribution in [1.82, 2.24) is 0 Å². The van der Waals surface area contributed by atoms with E-state index in [0.717, 1.165) is 18.2 Å². The fraction of sp³-hybridized carbons (Fsp3) is 0.133. The Kier molecular flexibility index (Phi) is 3.81. The second-order valence-electron chi connectivity index (χ2n) is 4.68. The Hall–Kier alpha value is -2.27. The first-order chi connectivity index (χ1) is 9.39. The third-order valence-electron chi connectivity index (χ3n) is 2.97. The lowest BCUT2D eigenvalue weighted by atomic mass is 9.92. The van der Waals surface area contributed by atoms with Crippen LogP contribution < -0.4 is 11.1 Å². The summed E-state index contributed by atoms with van der Waals surface area (Å²) in [7, 11) is 0. The van der Waals surface area contributed by atoms with E-state index in [4.69, 9.17) is 5.73 Å². The van der Waals surface area contributed by atoms with Crippen LogP contribution in [0.3, 0.4) is 0 Å². The van der Waals surface area contributed by atoms with E-state index in [1.807, 2.05) is 0 Å². The van der Waals surface area contributed by atoms with Crippen molar-refractivity contribution in [2.75, 3.05) is 5.32 Å². The Morgan fingerprint density at radius 2 is 1.65 bits per heavy atom. The summed E-state index contributed by atoms with van der Waals surface area (Å²) < 4.78 is 26.2. The molecule has 2 aromatic carbocycles. The minimum Gasteiger partial charge on any atom is -0.324 e. The second kappa shape index (κ2) is 5.38. The summed E-state index contributed by atoms with van der Waals surface area (Å²) in [6.07, 6.45) is 0. The van der Waals surface area contributed by atoms with Crippen LogP contribution in [0.15, 0.2) is 48.5 Å². The third kappa shape index (κ3) is 3.00. The van der Waals surface area contributed by atoms with E-state index in [-0.39, 0.29) is 5.69 Å². The number of anilines is 1. The van der Waals surface area contributed by atoms with Gasteiger partial charge in [0.05, 0.1) is 0 Å². The van der Waals surface area contributed by atoms with Gasteiger partial charge >= 0.3 is 0 Å². The summed E-state index contributed by atoms with van der Waals surface area (Å²) in [5.74, 6) is -2.08. The predicted molar refractivity (Wildman–Crippen MR) is 73.0 cm³/mol. The van der Waals surface area contributed by atoms with E-state index in [9.17, 15) is 13.6 Å². The van der Waals surface area contributed by atoms with Gasteiger partial charge < -0.3 is 11.1 Å². The molecule has 5 heteroatoms. The minimum atomic E-state index is -1.30. The molecule has 3 N–H and O–H groups in total. The van der Waals surface area contributed by atoms with E-state index >= 15 is 0 Å². The molecule has 0 saturated heterocycles. The Morgan fingerprint density at radius 1 is 1.10 bits per heavy atom. The van der Waals surface area contributed by atoms with Gasteiger partial charge in [-0.25, -0.2) is 8.78 Å².